The molecule has 0 bridgehead atoms. The molecule has 29 heavy (non-hydrogen) atoms. The van der Waals surface area contributed by atoms with Crippen molar-refractivity contribution in [3.63, 3.8) is 0 Å². The fraction of sp³-hybridized carbons (Fsp3) is 0.964. The molecule has 0 aromatic rings. The number of rotatable bonds is 7. The van der Waals surface area contributed by atoms with Crippen molar-refractivity contribution >= 4 is 5.78 Å². The SMILES string of the molecule is CCCCCCCC1CC[C@]2(CC1)C[C@@]1(CC[C@H](C3CCC(C)CC3)CC1)C2=O. The summed E-state index contributed by atoms with van der Waals surface area (Å²) in [4.78, 5) is 13.5. The average Bonchev–Trinajstić information content (AvgIpc) is 2.76. The maximum atomic E-state index is 13.5. The van der Waals surface area contributed by atoms with Crippen LogP contribution in [-0.4, -0.2) is 5.78 Å². The number of Topliss-reactive ketones (excluding diaryl/α,β-unsaturated/α-hetero) is 1. The van der Waals surface area contributed by atoms with Gasteiger partial charge in [0.2, 0.25) is 0 Å². The van der Waals surface area contributed by atoms with Gasteiger partial charge in [-0.25, -0.2) is 0 Å². The highest BCUT2D eigenvalue weighted by atomic mass is 16.1. The molecule has 0 saturated heterocycles. The van der Waals surface area contributed by atoms with Crippen LogP contribution >= 0.6 is 0 Å². The van der Waals surface area contributed by atoms with Crippen LogP contribution in [0.25, 0.3) is 0 Å². The quantitative estimate of drug-likeness (QED) is 0.391. The molecule has 4 aliphatic carbocycles. The van der Waals surface area contributed by atoms with Crippen molar-refractivity contribution in [2.24, 2.45) is 34.5 Å². The summed E-state index contributed by atoms with van der Waals surface area (Å²) in [5.41, 5.74) is 0.289. The van der Waals surface area contributed by atoms with Gasteiger partial charge in [0.05, 0.1) is 0 Å². The predicted molar refractivity (Wildman–Crippen MR) is 123 cm³/mol. The maximum absolute atomic E-state index is 13.5. The van der Waals surface area contributed by atoms with E-state index in [9.17, 15) is 4.79 Å². The van der Waals surface area contributed by atoms with Crippen molar-refractivity contribution < 1.29 is 4.79 Å². The molecule has 4 rings (SSSR count). The molecule has 2 spiro atoms. The molecule has 0 unspecified atom stereocenters. The fourth-order valence-corrected chi connectivity index (χ4v) is 8.05. The third-order valence-corrected chi connectivity index (χ3v) is 10.1. The van der Waals surface area contributed by atoms with Crippen LogP contribution in [0.5, 0.6) is 0 Å². The van der Waals surface area contributed by atoms with Gasteiger partial charge >= 0.3 is 0 Å². The van der Waals surface area contributed by atoms with Crippen LogP contribution in [0, 0.1) is 34.5 Å². The van der Waals surface area contributed by atoms with Crippen molar-refractivity contribution in [1.29, 1.82) is 0 Å². The molecule has 166 valence electrons. The Labute approximate surface area is 181 Å². The minimum atomic E-state index is 0.144. The Balaban J connectivity index is 1.19. The molecule has 0 aliphatic heterocycles. The second-order valence-electron chi connectivity index (χ2n) is 12.1. The summed E-state index contributed by atoms with van der Waals surface area (Å²) >= 11 is 0. The monoisotopic (exact) mass is 400 g/mol. The highest BCUT2D eigenvalue weighted by Gasteiger charge is 2.63. The lowest BCUT2D eigenvalue weighted by atomic mass is 9.42. The first-order valence-electron chi connectivity index (χ1n) is 13.6. The maximum Gasteiger partial charge on any atom is 0.145 e. The first-order chi connectivity index (χ1) is 14.1. The van der Waals surface area contributed by atoms with Crippen LogP contribution in [0.2, 0.25) is 0 Å². The first kappa shape index (κ1) is 21.9. The molecule has 0 atom stereocenters. The first-order valence-corrected chi connectivity index (χ1v) is 13.6. The van der Waals surface area contributed by atoms with E-state index in [1.807, 2.05) is 0 Å². The molecule has 4 saturated carbocycles. The van der Waals surface area contributed by atoms with Crippen molar-refractivity contribution in [3.05, 3.63) is 0 Å². The molecule has 0 heterocycles. The lowest BCUT2D eigenvalue weighted by Crippen LogP contribution is -2.59. The van der Waals surface area contributed by atoms with Crippen molar-refractivity contribution in [3.8, 4) is 0 Å². The smallest absolute Gasteiger partial charge is 0.145 e. The van der Waals surface area contributed by atoms with Gasteiger partial charge in [-0.2, -0.15) is 0 Å². The summed E-state index contributed by atoms with van der Waals surface area (Å²) in [6, 6.07) is 0. The molecule has 1 nitrogen and oxygen atoms in total. The van der Waals surface area contributed by atoms with Crippen molar-refractivity contribution in [2.75, 3.05) is 0 Å². The Morgan fingerprint density at radius 1 is 0.724 bits per heavy atom. The number of carbonyl (C=O) groups is 1. The van der Waals surface area contributed by atoms with Gasteiger partial charge in [-0.05, 0) is 94.3 Å². The lowest BCUT2D eigenvalue weighted by Gasteiger charge is -2.59. The van der Waals surface area contributed by atoms with E-state index in [1.54, 1.807) is 0 Å². The van der Waals surface area contributed by atoms with E-state index in [2.05, 4.69) is 13.8 Å². The van der Waals surface area contributed by atoms with Crippen LogP contribution in [0.1, 0.15) is 136 Å². The third kappa shape index (κ3) is 4.64. The zero-order valence-electron chi connectivity index (χ0n) is 19.7. The van der Waals surface area contributed by atoms with Crippen molar-refractivity contribution in [1.82, 2.24) is 0 Å². The summed E-state index contributed by atoms with van der Waals surface area (Å²) in [6.45, 7) is 4.73. The van der Waals surface area contributed by atoms with Crippen LogP contribution in [0.15, 0.2) is 0 Å². The lowest BCUT2D eigenvalue weighted by molar-refractivity contribution is -0.169. The molecule has 1 heteroatoms. The predicted octanol–water partition coefficient (Wildman–Crippen LogP) is 8.50. The van der Waals surface area contributed by atoms with Crippen LogP contribution in [0.3, 0.4) is 0 Å². The van der Waals surface area contributed by atoms with E-state index in [0.29, 0.717) is 0 Å². The van der Waals surface area contributed by atoms with E-state index in [-0.39, 0.29) is 10.8 Å². The largest absolute Gasteiger partial charge is 0.298 e. The topological polar surface area (TPSA) is 17.1 Å². The summed E-state index contributed by atoms with van der Waals surface area (Å²) < 4.78 is 0. The Morgan fingerprint density at radius 2 is 1.28 bits per heavy atom. The van der Waals surface area contributed by atoms with Crippen molar-refractivity contribution in [2.45, 2.75) is 136 Å². The molecule has 0 amide bonds. The van der Waals surface area contributed by atoms with Gasteiger partial charge in [0.1, 0.15) is 5.78 Å². The Hall–Kier alpha value is -0.330. The Morgan fingerprint density at radius 3 is 1.86 bits per heavy atom. The Kier molecular flexibility index (Phi) is 7.12. The number of carbonyl (C=O) groups excluding carboxylic acids is 1. The van der Waals surface area contributed by atoms with Gasteiger partial charge in [-0.3, -0.25) is 4.79 Å². The molecule has 4 aliphatic rings. The van der Waals surface area contributed by atoms with Crippen LogP contribution < -0.4 is 0 Å². The molecule has 0 aromatic heterocycles. The Bertz CT molecular complexity index is 525. The molecular formula is C28H48O. The molecule has 0 aromatic carbocycles. The molecule has 4 fully saturated rings. The van der Waals surface area contributed by atoms with E-state index in [1.165, 1.54) is 122 Å². The van der Waals surface area contributed by atoms with Gasteiger partial charge in [0.15, 0.2) is 0 Å². The van der Waals surface area contributed by atoms with Gasteiger partial charge in [0, 0.05) is 10.8 Å². The fourth-order valence-electron chi connectivity index (χ4n) is 8.05. The minimum absolute atomic E-state index is 0.144. The van der Waals surface area contributed by atoms with E-state index in [0.717, 1.165) is 29.5 Å². The highest BCUT2D eigenvalue weighted by Crippen LogP contribution is 2.64. The highest BCUT2D eigenvalue weighted by molar-refractivity contribution is 5.96. The van der Waals surface area contributed by atoms with E-state index >= 15 is 0 Å². The van der Waals surface area contributed by atoms with Crippen LogP contribution in [0.4, 0.5) is 0 Å². The minimum Gasteiger partial charge on any atom is -0.298 e. The number of unbranched alkanes of at least 4 members (excludes halogenated alkanes) is 4. The molecule has 0 N–H and O–H groups in total. The zero-order chi connectivity index (χ0) is 20.3. The zero-order valence-corrected chi connectivity index (χ0v) is 19.7. The number of hydrogen-bond acceptors (Lipinski definition) is 1. The normalized spacial score (nSPS) is 42.9. The second-order valence-corrected chi connectivity index (χ2v) is 12.1. The summed E-state index contributed by atoms with van der Waals surface area (Å²) in [5.74, 6) is 4.56. The van der Waals surface area contributed by atoms with Crippen LogP contribution in [-0.2, 0) is 4.79 Å². The van der Waals surface area contributed by atoms with Gasteiger partial charge < -0.3 is 0 Å². The number of hydrogen-bond donors (Lipinski definition) is 0. The summed E-state index contributed by atoms with van der Waals surface area (Å²) in [6.07, 6.45) is 25.9. The second kappa shape index (κ2) is 9.44. The average molecular weight is 401 g/mol. The molecular weight excluding hydrogens is 352 g/mol. The summed E-state index contributed by atoms with van der Waals surface area (Å²) in [5, 5.41) is 0. The van der Waals surface area contributed by atoms with Gasteiger partial charge in [-0.1, -0.05) is 65.2 Å². The van der Waals surface area contributed by atoms with Gasteiger partial charge in [0.25, 0.3) is 0 Å². The standard InChI is InChI=1S/C28H48O/c1-3-4-5-6-7-8-23-13-17-27(18-14-23)21-28(26(27)29)19-15-25(16-20-28)24-11-9-22(2)10-12-24/h22-25H,3-21H2,1-2H3/t22?,23?,24?,25-,27-,28-. The van der Waals surface area contributed by atoms with E-state index in [4.69, 9.17) is 0 Å². The summed E-state index contributed by atoms with van der Waals surface area (Å²) in [7, 11) is 0. The third-order valence-electron chi connectivity index (χ3n) is 10.1. The molecule has 0 radical (unpaired) electrons. The van der Waals surface area contributed by atoms with E-state index < -0.39 is 0 Å². The van der Waals surface area contributed by atoms with Gasteiger partial charge in [-0.15, -0.1) is 0 Å². The number of ketones is 1.